The SMILES string of the molecule is CNC1CCC(NC(=O)CCc2ccccc2C)CC1. The summed E-state index contributed by atoms with van der Waals surface area (Å²) in [6, 6.07) is 9.31. The highest BCUT2D eigenvalue weighted by molar-refractivity contribution is 5.76. The van der Waals surface area contributed by atoms with Gasteiger partial charge in [-0.2, -0.15) is 0 Å². The van der Waals surface area contributed by atoms with Crippen LogP contribution in [0.25, 0.3) is 0 Å². The molecule has 1 saturated carbocycles. The lowest BCUT2D eigenvalue weighted by molar-refractivity contribution is -0.122. The summed E-state index contributed by atoms with van der Waals surface area (Å²) in [7, 11) is 2.02. The molecule has 1 fully saturated rings. The minimum Gasteiger partial charge on any atom is -0.353 e. The first kappa shape index (κ1) is 15.0. The van der Waals surface area contributed by atoms with Crippen molar-refractivity contribution < 1.29 is 4.79 Å². The van der Waals surface area contributed by atoms with Crippen molar-refractivity contribution in [3.63, 3.8) is 0 Å². The molecule has 3 heteroatoms. The topological polar surface area (TPSA) is 41.1 Å². The Kier molecular flexibility index (Phi) is 5.60. The van der Waals surface area contributed by atoms with E-state index in [1.165, 1.54) is 24.0 Å². The van der Waals surface area contributed by atoms with Crippen LogP contribution in [0.2, 0.25) is 0 Å². The molecule has 0 radical (unpaired) electrons. The summed E-state index contributed by atoms with van der Waals surface area (Å²) in [4.78, 5) is 12.0. The number of hydrogen-bond acceptors (Lipinski definition) is 2. The average molecular weight is 274 g/mol. The molecule has 20 heavy (non-hydrogen) atoms. The van der Waals surface area contributed by atoms with E-state index in [0.717, 1.165) is 19.3 Å². The minimum absolute atomic E-state index is 0.196. The van der Waals surface area contributed by atoms with Crippen molar-refractivity contribution in [1.29, 1.82) is 0 Å². The van der Waals surface area contributed by atoms with Gasteiger partial charge in [-0.25, -0.2) is 0 Å². The molecular formula is C17H26N2O. The number of nitrogens with one attached hydrogen (secondary N) is 2. The number of aryl methyl sites for hydroxylation is 2. The zero-order valence-corrected chi connectivity index (χ0v) is 12.6. The molecule has 0 saturated heterocycles. The zero-order valence-electron chi connectivity index (χ0n) is 12.6. The highest BCUT2D eigenvalue weighted by Crippen LogP contribution is 2.18. The van der Waals surface area contributed by atoms with Crippen molar-refractivity contribution in [2.45, 2.75) is 57.5 Å². The van der Waals surface area contributed by atoms with E-state index >= 15 is 0 Å². The lowest BCUT2D eigenvalue weighted by Gasteiger charge is -2.28. The molecule has 1 aromatic carbocycles. The van der Waals surface area contributed by atoms with E-state index in [1.807, 2.05) is 19.2 Å². The molecule has 1 amide bonds. The second kappa shape index (κ2) is 7.44. The summed E-state index contributed by atoms with van der Waals surface area (Å²) in [5, 5.41) is 6.50. The molecule has 0 aromatic heterocycles. The van der Waals surface area contributed by atoms with Crippen molar-refractivity contribution in [3.05, 3.63) is 35.4 Å². The number of benzene rings is 1. The van der Waals surface area contributed by atoms with Crippen LogP contribution in [0.5, 0.6) is 0 Å². The van der Waals surface area contributed by atoms with E-state index in [4.69, 9.17) is 0 Å². The van der Waals surface area contributed by atoms with Crippen LogP contribution in [0.15, 0.2) is 24.3 Å². The van der Waals surface area contributed by atoms with Gasteiger partial charge in [-0.05, 0) is 57.2 Å². The van der Waals surface area contributed by atoms with E-state index in [-0.39, 0.29) is 5.91 Å². The largest absolute Gasteiger partial charge is 0.353 e. The van der Waals surface area contributed by atoms with E-state index in [1.54, 1.807) is 0 Å². The summed E-state index contributed by atoms with van der Waals surface area (Å²) < 4.78 is 0. The average Bonchev–Trinajstić information content (AvgIpc) is 2.47. The molecule has 0 aliphatic heterocycles. The maximum absolute atomic E-state index is 12.0. The van der Waals surface area contributed by atoms with Crippen molar-refractivity contribution in [3.8, 4) is 0 Å². The van der Waals surface area contributed by atoms with E-state index < -0.39 is 0 Å². The van der Waals surface area contributed by atoms with Gasteiger partial charge in [0, 0.05) is 18.5 Å². The van der Waals surface area contributed by atoms with Gasteiger partial charge in [-0.15, -0.1) is 0 Å². The maximum Gasteiger partial charge on any atom is 0.220 e. The van der Waals surface area contributed by atoms with Gasteiger partial charge in [0.15, 0.2) is 0 Å². The third kappa shape index (κ3) is 4.34. The molecule has 2 N–H and O–H groups in total. The van der Waals surface area contributed by atoms with Gasteiger partial charge in [-0.1, -0.05) is 24.3 Å². The Labute approximate surface area is 122 Å². The van der Waals surface area contributed by atoms with Gasteiger partial charge < -0.3 is 10.6 Å². The van der Waals surface area contributed by atoms with Crippen molar-refractivity contribution >= 4 is 5.91 Å². The molecule has 1 aliphatic rings. The van der Waals surface area contributed by atoms with Gasteiger partial charge in [0.2, 0.25) is 5.91 Å². The molecule has 0 bridgehead atoms. The summed E-state index contributed by atoms with van der Waals surface area (Å²) in [5.74, 6) is 0.196. The van der Waals surface area contributed by atoms with E-state index in [9.17, 15) is 4.79 Å². The Morgan fingerprint density at radius 3 is 2.45 bits per heavy atom. The molecule has 1 aliphatic carbocycles. The first-order chi connectivity index (χ1) is 9.69. The third-order valence-corrected chi connectivity index (χ3v) is 4.38. The van der Waals surface area contributed by atoms with Crippen LogP contribution in [0.1, 0.15) is 43.2 Å². The number of carbonyl (C=O) groups is 1. The van der Waals surface area contributed by atoms with Gasteiger partial charge in [0.25, 0.3) is 0 Å². The normalized spacial score (nSPS) is 22.5. The van der Waals surface area contributed by atoms with Crippen LogP contribution in [0.3, 0.4) is 0 Å². The van der Waals surface area contributed by atoms with Crippen LogP contribution in [-0.4, -0.2) is 25.0 Å². The molecule has 3 nitrogen and oxygen atoms in total. The second-order valence-corrected chi connectivity index (χ2v) is 5.83. The number of amides is 1. The monoisotopic (exact) mass is 274 g/mol. The fourth-order valence-corrected chi connectivity index (χ4v) is 2.97. The molecule has 0 spiro atoms. The third-order valence-electron chi connectivity index (χ3n) is 4.38. The predicted molar refractivity (Wildman–Crippen MR) is 82.7 cm³/mol. The Morgan fingerprint density at radius 2 is 1.80 bits per heavy atom. The Hall–Kier alpha value is -1.35. The number of rotatable bonds is 5. The zero-order chi connectivity index (χ0) is 14.4. The Balaban J connectivity index is 1.72. The quantitative estimate of drug-likeness (QED) is 0.866. The van der Waals surface area contributed by atoms with Crippen LogP contribution >= 0.6 is 0 Å². The van der Waals surface area contributed by atoms with Crippen molar-refractivity contribution in [2.75, 3.05) is 7.05 Å². The highest BCUT2D eigenvalue weighted by Gasteiger charge is 2.21. The molecule has 0 unspecified atom stereocenters. The van der Waals surface area contributed by atoms with Crippen LogP contribution < -0.4 is 10.6 Å². The lowest BCUT2D eigenvalue weighted by atomic mass is 9.91. The van der Waals surface area contributed by atoms with Crippen molar-refractivity contribution in [2.24, 2.45) is 0 Å². The van der Waals surface area contributed by atoms with Gasteiger partial charge in [0.1, 0.15) is 0 Å². The molecule has 2 rings (SSSR count). The Bertz CT molecular complexity index is 436. The molecule has 0 atom stereocenters. The van der Waals surface area contributed by atoms with Crippen LogP contribution in [-0.2, 0) is 11.2 Å². The predicted octanol–water partition coefficient (Wildman–Crippen LogP) is 2.57. The fraction of sp³-hybridized carbons (Fsp3) is 0.588. The van der Waals surface area contributed by atoms with Gasteiger partial charge in [0.05, 0.1) is 0 Å². The smallest absolute Gasteiger partial charge is 0.220 e. The summed E-state index contributed by atoms with van der Waals surface area (Å²) in [5.41, 5.74) is 2.55. The first-order valence-electron chi connectivity index (χ1n) is 7.70. The summed E-state index contributed by atoms with van der Waals surface area (Å²) >= 11 is 0. The fourth-order valence-electron chi connectivity index (χ4n) is 2.97. The van der Waals surface area contributed by atoms with Crippen LogP contribution in [0, 0.1) is 6.92 Å². The standard InChI is InChI=1S/C17H26N2O/c1-13-5-3-4-6-14(13)7-12-17(20)19-16-10-8-15(18-2)9-11-16/h3-6,15-16,18H,7-12H2,1-2H3,(H,19,20). The number of hydrogen-bond donors (Lipinski definition) is 2. The highest BCUT2D eigenvalue weighted by atomic mass is 16.1. The van der Waals surface area contributed by atoms with Crippen molar-refractivity contribution in [1.82, 2.24) is 10.6 Å². The first-order valence-corrected chi connectivity index (χ1v) is 7.70. The molecule has 110 valence electrons. The minimum atomic E-state index is 0.196. The molecule has 0 heterocycles. The maximum atomic E-state index is 12.0. The molecular weight excluding hydrogens is 248 g/mol. The van der Waals surface area contributed by atoms with E-state index in [0.29, 0.717) is 18.5 Å². The van der Waals surface area contributed by atoms with Gasteiger partial charge >= 0.3 is 0 Å². The lowest BCUT2D eigenvalue weighted by Crippen LogP contribution is -2.41. The summed E-state index contributed by atoms with van der Waals surface area (Å²) in [6.45, 7) is 2.10. The van der Waals surface area contributed by atoms with E-state index in [2.05, 4.69) is 29.7 Å². The second-order valence-electron chi connectivity index (χ2n) is 5.83. The summed E-state index contributed by atoms with van der Waals surface area (Å²) in [6.07, 6.45) is 5.96. The molecule has 1 aromatic rings. The van der Waals surface area contributed by atoms with Crippen LogP contribution in [0.4, 0.5) is 0 Å². The number of carbonyl (C=O) groups excluding carboxylic acids is 1. The van der Waals surface area contributed by atoms with Gasteiger partial charge in [-0.3, -0.25) is 4.79 Å². The Morgan fingerprint density at radius 1 is 1.15 bits per heavy atom.